The predicted molar refractivity (Wildman–Crippen MR) is 84.4 cm³/mol. The average molecular weight is 280 g/mol. The highest BCUT2D eigenvalue weighted by atomic mass is 16.3. The number of aliphatic hydroxyl groups is 1. The van der Waals surface area contributed by atoms with Crippen molar-refractivity contribution in [2.75, 3.05) is 23.7 Å². The first-order valence-corrected chi connectivity index (χ1v) is 7.53. The van der Waals surface area contributed by atoms with Crippen molar-refractivity contribution >= 4 is 11.6 Å². The third-order valence-electron chi connectivity index (χ3n) is 3.20. The lowest BCUT2D eigenvalue weighted by atomic mass is 10.2. The predicted octanol–water partition coefficient (Wildman–Crippen LogP) is 2.91. The number of nitrogens with zero attached hydrogens (tertiary/aromatic N) is 2. The number of anilines is 2. The second-order valence-electron chi connectivity index (χ2n) is 5.43. The Morgan fingerprint density at radius 1 is 1.10 bits per heavy atom. The molecule has 0 bridgehead atoms. The molecule has 1 unspecified atom stereocenters. The second kappa shape index (κ2) is 8.04. The lowest BCUT2D eigenvalue weighted by molar-refractivity contribution is 0.183. The Bertz CT molecular complexity index is 421. The molecule has 1 aromatic rings. The lowest BCUT2D eigenvalue weighted by Gasteiger charge is -2.17. The fourth-order valence-electron chi connectivity index (χ4n) is 1.74. The Balaban J connectivity index is 2.98. The van der Waals surface area contributed by atoms with E-state index in [0.717, 1.165) is 42.4 Å². The van der Waals surface area contributed by atoms with Crippen molar-refractivity contribution in [1.29, 1.82) is 0 Å². The minimum atomic E-state index is -0.348. The van der Waals surface area contributed by atoms with Crippen molar-refractivity contribution in [3.05, 3.63) is 11.4 Å². The first-order chi connectivity index (χ1) is 9.49. The third kappa shape index (κ3) is 4.63. The maximum atomic E-state index is 9.68. The minimum Gasteiger partial charge on any atom is -0.391 e. The van der Waals surface area contributed by atoms with Gasteiger partial charge in [0.25, 0.3) is 0 Å². The van der Waals surface area contributed by atoms with Crippen LogP contribution in [0.2, 0.25) is 0 Å². The number of hydrogen-bond donors (Lipinski definition) is 3. The van der Waals surface area contributed by atoms with Gasteiger partial charge >= 0.3 is 0 Å². The van der Waals surface area contributed by atoms with Crippen molar-refractivity contribution in [2.24, 2.45) is 0 Å². The molecule has 1 atom stereocenters. The van der Waals surface area contributed by atoms with E-state index in [1.165, 1.54) is 0 Å². The molecular formula is C15H28N4O. The molecule has 0 aromatic carbocycles. The van der Waals surface area contributed by atoms with Crippen molar-refractivity contribution < 1.29 is 5.11 Å². The summed E-state index contributed by atoms with van der Waals surface area (Å²) in [6.45, 7) is 11.7. The molecule has 0 saturated carbocycles. The average Bonchev–Trinajstić information content (AvgIpc) is 2.44. The molecule has 0 fully saturated rings. The summed E-state index contributed by atoms with van der Waals surface area (Å²) in [5.41, 5.74) is 1.01. The quantitative estimate of drug-likeness (QED) is 0.683. The topological polar surface area (TPSA) is 70.1 Å². The Morgan fingerprint density at radius 2 is 1.70 bits per heavy atom. The van der Waals surface area contributed by atoms with Crippen LogP contribution in [-0.4, -0.2) is 34.3 Å². The van der Waals surface area contributed by atoms with Crippen LogP contribution in [0.1, 0.15) is 57.8 Å². The molecule has 114 valence electrons. The van der Waals surface area contributed by atoms with E-state index in [-0.39, 0.29) is 12.0 Å². The van der Waals surface area contributed by atoms with E-state index in [1.54, 1.807) is 0 Å². The molecule has 0 radical (unpaired) electrons. The van der Waals surface area contributed by atoms with Crippen molar-refractivity contribution in [2.45, 2.75) is 59.5 Å². The maximum Gasteiger partial charge on any atom is 0.135 e. The van der Waals surface area contributed by atoms with E-state index in [9.17, 15) is 5.11 Å². The van der Waals surface area contributed by atoms with Crippen LogP contribution in [-0.2, 0) is 0 Å². The van der Waals surface area contributed by atoms with E-state index in [1.807, 2.05) is 13.8 Å². The first-order valence-electron chi connectivity index (χ1n) is 7.53. The first kappa shape index (κ1) is 16.7. The lowest BCUT2D eigenvalue weighted by Crippen LogP contribution is -2.20. The van der Waals surface area contributed by atoms with Crippen LogP contribution in [0.5, 0.6) is 0 Å². The third-order valence-corrected chi connectivity index (χ3v) is 3.20. The summed E-state index contributed by atoms with van der Waals surface area (Å²) in [5.74, 6) is 2.80. The highest BCUT2D eigenvalue weighted by molar-refractivity contribution is 5.57. The summed E-state index contributed by atoms with van der Waals surface area (Å²) in [5, 5.41) is 16.3. The van der Waals surface area contributed by atoms with Gasteiger partial charge in [-0.1, -0.05) is 27.7 Å². The smallest absolute Gasteiger partial charge is 0.135 e. The molecule has 20 heavy (non-hydrogen) atoms. The molecule has 0 saturated heterocycles. The highest BCUT2D eigenvalue weighted by Gasteiger charge is 2.13. The molecule has 0 aliphatic heterocycles. The van der Waals surface area contributed by atoms with E-state index < -0.39 is 0 Å². The fraction of sp³-hybridized carbons (Fsp3) is 0.733. The number of hydrogen-bond acceptors (Lipinski definition) is 5. The molecular weight excluding hydrogens is 252 g/mol. The van der Waals surface area contributed by atoms with Gasteiger partial charge in [-0.25, -0.2) is 9.97 Å². The van der Waals surface area contributed by atoms with Gasteiger partial charge in [-0.3, -0.25) is 0 Å². The number of aliphatic hydroxyl groups excluding tert-OH is 1. The van der Waals surface area contributed by atoms with Gasteiger partial charge in [0.15, 0.2) is 0 Å². The summed E-state index contributed by atoms with van der Waals surface area (Å²) >= 11 is 0. The van der Waals surface area contributed by atoms with Gasteiger partial charge in [0.2, 0.25) is 0 Å². The van der Waals surface area contributed by atoms with Crippen LogP contribution in [0.25, 0.3) is 0 Å². The standard InChI is InChI=1S/C15H28N4O/c1-6-8-16-14-11(5)15(17-9-12(20)7-2)19-13(18-14)10(3)4/h10,12,20H,6-9H2,1-5H3,(H2,16,17,18,19). The maximum absolute atomic E-state index is 9.68. The van der Waals surface area contributed by atoms with Crippen LogP contribution in [0.15, 0.2) is 0 Å². The van der Waals surface area contributed by atoms with Crippen LogP contribution in [0.3, 0.4) is 0 Å². The molecule has 5 nitrogen and oxygen atoms in total. The number of rotatable bonds is 8. The second-order valence-corrected chi connectivity index (χ2v) is 5.43. The molecule has 1 aromatic heterocycles. The van der Waals surface area contributed by atoms with Crippen LogP contribution < -0.4 is 10.6 Å². The van der Waals surface area contributed by atoms with Gasteiger partial charge in [0.05, 0.1) is 6.10 Å². The molecule has 0 spiro atoms. The van der Waals surface area contributed by atoms with Crippen molar-refractivity contribution in [3.63, 3.8) is 0 Å². The summed E-state index contributed by atoms with van der Waals surface area (Å²) in [6.07, 6.45) is 1.44. The zero-order valence-corrected chi connectivity index (χ0v) is 13.3. The Labute approximate surface area is 122 Å². The van der Waals surface area contributed by atoms with Gasteiger partial charge in [0, 0.05) is 24.6 Å². The molecule has 0 amide bonds. The normalized spacial score (nSPS) is 12.6. The summed E-state index contributed by atoms with van der Waals surface area (Å²) in [4.78, 5) is 9.17. The highest BCUT2D eigenvalue weighted by Crippen LogP contribution is 2.23. The monoisotopic (exact) mass is 280 g/mol. The van der Waals surface area contributed by atoms with Gasteiger partial charge < -0.3 is 15.7 Å². The van der Waals surface area contributed by atoms with Gasteiger partial charge in [-0.2, -0.15) is 0 Å². The van der Waals surface area contributed by atoms with Crippen LogP contribution in [0.4, 0.5) is 11.6 Å². The SMILES string of the molecule is CCCNc1nc(C(C)C)nc(NCC(O)CC)c1C. The van der Waals surface area contributed by atoms with E-state index in [0.29, 0.717) is 6.54 Å². The Hall–Kier alpha value is -1.36. The van der Waals surface area contributed by atoms with E-state index in [4.69, 9.17) is 0 Å². The Morgan fingerprint density at radius 3 is 2.20 bits per heavy atom. The molecule has 0 aliphatic carbocycles. The van der Waals surface area contributed by atoms with E-state index >= 15 is 0 Å². The van der Waals surface area contributed by atoms with Crippen molar-refractivity contribution in [1.82, 2.24) is 9.97 Å². The molecule has 0 aliphatic rings. The zero-order valence-electron chi connectivity index (χ0n) is 13.3. The summed E-state index contributed by atoms with van der Waals surface area (Å²) in [6, 6.07) is 0. The molecule has 1 heterocycles. The molecule has 1 rings (SSSR count). The molecule has 5 heteroatoms. The molecule has 3 N–H and O–H groups in total. The van der Waals surface area contributed by atoms with Crippen molar-refractivity contribution in [3.8, 4) is 0 Å². The minimum absolute atomic E-state index is 0.273. The number of nitrogens with one attached hydrogen (secondary N) is 2. The Kier molecular flexibility index (Phi) is 6.71. The zero-order chi connectivity index (χ0) is 15.1. The van der Waals surface area contributed by atoms with Crippen LogP contribution in [0, 0.1) is 6.92 Å². The van der Waals surface area contributed by atoms with E-state index in [2.05, 4.69) is 41.4 Å². The van der Waals surface area contributed by atoms with Crippen LogP contribution >= 0.6 is 0 Å². The summed E-state index contributed by atoms with van der Waals surface area (Å²) < 4.78 is 0. The number of aromatic nitrogens is 2. The summed E-state index contributed by atoms with van der Waals surface area (Å²) in [7, 11) is 0. The largest absolute Gasteiger partial charge is 0.391 e. The van der Waals surface area contributed by atoms with Gasteiger partial charge in [0.1, 0.15) is 17.5 Å². The van der Waals surface area contributed by atoms with Gasteiger partial charge in [-0.15, -0.1) is 0 Å². The van der Waals surface area contributed by atoms with Gasteiger partial charge in [-0.05, 0) is 19.8 Å². The fourth-order valence-corrected chi connectivity index (χ4v) is 1.74.